The lowest BCUT2D eigenvalue weighted by Crippen LogP contribution is -2.33. The van der Waals surface area contributed by atoms with Crippen molar-refractivity contribution in [2.45, 2.75) is 31.7 Å². The molecule has 2 aliphatic heterocycles. The van der Waals surface area contributed by atoms with Crippen LogP contribution in [-0.4, -0.2) is 36.2 Å². The molecule has 0 bridgehead atoms. The van der Waals surface area contributed by atoms with Crippen LogP contribution in [0.2, 0.25) is 0 Å². The topological polar surface area (TPSA) is 91.1 Å². The molecule has 4 rings (SSSR count). The van der Waals surface area contributed by atoms with Crippen LogP contribution in [0.25, 0.3) is 6.08 Å². The summed E-state index contributed by atoms with van der Waals surface area (Å²) in [6.45, 7) is 0.666. The molecule has 1 amide bonds. The van der Waals surface area contributed by atoms with Crippen LogP contribution in [0.5, 0.6) is 17.2 Å². The molecule has 2 heterocycles. The molecule has 2 aromatic rings. The van der Waals surface area contributed by atoms with Crippen molar-refractivity contribution in [2.24, 2.45) is 0 Å². The number of amides is 1. The van der Waals surface area contributed by atoms with Gasteiger partial charge in [-0.1, -0.05) is 25.0 Å². The second kappa shape index (κ2) is 9.07. The fourth-order valence-electron chi connectivity index (χ4n) is 4.04. The number of ether oxygens (including phenoxy) is 3. The lowest BCUT2D eigenvalue weighted by atomic mass is 10.0. The largest absolute Gasteiger partial charge is 0.497 e. The Bertz CT molecular complexity index is 1000. The van der Waals surface area contributed by atoms with Crippen molar-refractivity contribution < 1.29 is 23.9 Å². The van der Waals surface area contributed by atoms with Crippen molar-refractivity contribution in [2.75, 3.05) is 20.4 Å². The minimum absolute atomic E-state index is 0.0237. The van der Waals surface area contributed by atoms with Crippen molar-refractivity contribution in [1.82, 2.24) is 4.90 Å². The van der Waals surface area contributed by atoms with Crippen molar-refractivity contribution in [3.63, 3.8) is 0 Å². The SMILES string of the molecule is COc1ccc(C2CCCCCN2C(=O)/C=C/c2cc3c(cc2[N+](=O)[O-])OCO3)cc1. The van der Waals surface area contributed by atoms with Gasteiger partial charge in [0.1, 0.15) is 5.75 Å². The van der Waals surface area contributed by atoms with Crippen LogP contribution in [0.4, 0.5) is 5.69 Å². The van der Waals surface area contributed by atoms with Crippen LogP contribution in [0.1, 0.15) is 42.9 Å². The standard InChI is InChI=1S/C23H24N2O6/c1-29-18-9-6-16(7-10-18)19-5-3-2-4-12-24(19)23(26)11-8-17-13-21-22(31-15-30-21)14-20(17)25(27)28/h6-11,13-14,19H,2-5,12,15H2,1H3/b11-8+. The number of carbonyl (C=O) groups excluding carboxylic acids is 1. The molecule has 0 aromatic heterocycles. The third kappa shape index (κ3) is 4.47. The Morgan fingerprint density at radius 2 is 1.90 bits per heavy atom. The van der Waals surface area contributed by atoms with Gasteiger partial charge in [-0.15, -0.1) is 0 Å². The first kappa shape index (κ1) is 20.7. The van der Waals surface area contributed by atoms with Gasteiger partial charge in [0.05, 0.1) is 29.7 Å². The second-order valence-electron chi connectivity index (χ2n) is 7.52. The first-order valence-corrected chi connectivity index (χ1v) is 10.3. The molecule has 1 unspecified atom stereocenters. The molecule has 1 saturated heterocycles. The zero-order valence-electron chi connectivity index (χ0n) is 17.3. The Morgan fingerprint density at radius 3 is 2.61 bits per heavy atom. The van der Waals surface area contributed by atoms with Gasteiger partial charge in [-0.25, -0.2) is 0 Å². The normalized spacial score (nSPS) is 18.1. The van der Waals surface area contributed by atoms with Crippen molar-refractivity contribution in [3.8, 4) is 17.2 Å². The molecule has 2 aromatic carbocycles. The second-order valence-corrected chi connectivity index (χ2v) is 7.52. The molecule has 1 atom stereocenters. The summed E-state index contributed by atoms with van der Waals surface area (Å²) >= 11 is 0. The summed E-state index contributed by atoms with van der Waals surface area (Å²) in [7, 11) is 1.62. The Hall–Kier alpha value is -3.55. The number of hydrogen-bond donors (Lipinski definition) is 0. The number of hydrogen-bond acceptors (Lipinski definition) is 6. The molecule has 8 nitrogen and oxygen atoms in total. The Balaban J connectivity index is 1.59. The maximum atomic E-state index is 13.1. The van der Waals surface area contributed by atoms with Gasteiger partial charge in [0, 0.05) is 12.6 Å². The van der Waals surface area contributed by atoms with Gasteiger partial charge in [0.15, 0.2) is 11.5 Å². The predicted octanol–water partition coefficient (Wildman–Crippen LogP) is 4.49. The maximum Gasteiger partial charge on any atom is 0.280 e. The summed E-state index contributed by atoms with van der Waals surface area (Å²) in [5, 5.41) is 11.5. The van der Waals surface area contributed by atoms with Crippen LogP contribution >= 0.6 is 0 Å². The number of fused-ring (bicyclic) bond motifs is 1. The predicted molar refractivity (Wildman–Crippen MR) is 114 cm³/mol. The van der Waals surface area contributed by atoms with Crippen LogP contribution in [0, 0.1) is 10.1 Å². The zero-order chi connectivity index (χ0) is 21.8. The van der Waals surface area contributed by atoms with Crippen molar-refractivity contribution in [3.05, 3.63) is 63.7 Å². The number of carbonyl (C=O) groups is 1. The van der Waals surface area contributed by atoms with E-state index in [1.807, 2.05) is 29.2 Å². The highest BCUT2D eigenvalue weighted by Crippen LogP contribution is 2.38. The fraction of sp³-hybridized carbons (Fsp3) is 0.348. The maximum absolute atomic E-state index is 13.1. The number of nitrogens with zero attached hydrogens (tertiary/aromatic N) is 2. The average molecular weight is 424 g/mol. The lowest BCUT2D eigenvalue weighted by Gasteiger charge is -2.29. The summed E-state index contributed by atoms with van der Waals surface area (Å²) < 4.78 is 15.8. The molecule has 31 heavy (non-hydrogen) atoms. The van der Waals surface area contributed by atoms with E-state index in [1.54, 1.807) is 7.11 Å². The van der Waals surface area contributed by atoms with Gasteiger partial charge in [0.25, 0.3) is 5.69 Å². The quantitative estimate of drug-likeness (QED) is 0.399. The van der Waals surface area contributed by atoms with Gasteiger partial charge < -0.3 is 19.1 Å². The zero-order valence-corrected chi connectivity index (χ0v) is 17.3. The molecule has 162 valence electrons. The fourth-order valence-corrected chi connectivity index (χ4v) is 4.04. The van der Waals surface area contributed by atoms with Gasteiger partial charge in [-0.05, 0) is 42.7 Å². The van der Waals surface area contributed by atoms with Crippen molar-refractivity contribution in [1.29, 1.82) is 0 Å². The van der Waals surface area contributed by atoms with E-state index in [-0.39, 0.29) is 24.4 Å². The highest BCUT2D eigenvalue weighted by molar-refractivity contribution is 5.93. The molecule has 1 fully saturated rings. The number of rotatable bonds is 5. The van der Waals surface area contributed by atoms with Crippen LogP contribution < -0.4 is 14.2 Å². The number of methoxy groups -OCH3 is 1. The minimum atomic E-state index is -0.488. The summed E-state index contributed by atoms with van der Waals surface area (Å²) in [4.78, 5) is 26.0. The summed E-state index contributed by atoms with van der Waals surface area (Å²) in [5.74, 6) is 1.37. The molecule has 0 aliphatic carbocycles. The van der Waals surface area contributed by atoms with Gasteiger partial charge >= 0.3 is 0 Å². The lowest BCUT2D eigenvalue weighted by molar-refractivity contribution is -0.385. The molecule has 0 saturated carbocycles. The average Bonchev–Trinajstić information content (AvgIpc) is 3.10. The highest BCUT2D eigenvalue weighted by Gasteiger charge is 2.26. The first-order valence-electron chi connectivity index (χ1n) is 10.3. The molecular formula is C23H24N2O6. The summed E-state index contributed by atoms with van der Waals surface area (Å²) in [6, 6.07) is 10.6. The van der Waals surface area contributed by atoms with Crippen molar-refractivity contribution >= 4 is 17.7 Å². The molecule has 0 N–H and O–H groups in total. The third-order valence-corrected chi connectivity index (χ3v) is 5.66. The number of benzene rings is 2. The number of nitro benzene ring substituents is 1. The Kier molecular flexibility index (Phi) is 6.06. The first-order chi connectivity index (χ1) is 15.1. The number of likely N-dealkylation sites (tertiary alicyclic amines) is 1. The van der Waals surface area contributed by atoms with E-state index in [0.717, 1.165) is 37.0 Å². The highest BCUT2D eigenvalue weighted by atomic mass is 16.7. The molecule has 0 radical (unpaired) electrons. The molecule has 2 aliphatic rings. The third-order valence-electron chi connectivity index (χ3n) is 5.66. The van der Waals surface area contributed by atoms with Crippen LogP contribution in [0.3, 0.4) is 0 Å². The Morgan fingerprint density at radius 1 is 1.16 bits per heavy atom. The van der Waals surface area contributed by atoms with E-state index in [1.165, 1.54) is 24.3 Å². The Labute approximate surface area is 180 Å². The minimum Gasteiger partial charge on any atom is -0.497 e. The van der Waals surface area contributed by atoms with E-state index in [0.29, 0.717) is 23.6 Å². The van der Waals surface area contributed by atoms with E-state index in [2.05, 4.69) is 0 Å². The molecular weight excluding hydrogens is 400 g/mol. The van der Waals surface area contributed by atoms with E-state index in [9.17, 15) is 14.9 Å². The van der Waals surface area contributed by atoms with Gasteiger partial charge in [-0.2, -0.15) is 0 Å². The smallest absolute Gasteiger partial charge is 0.280 e. The van der Waals surface area contributed by atoms with Crippen LogP contribution in [-0.2, 0) is 4.79 Å². The van der Waals surface area contributed by atoms with Gasteiger partial charge in [0.2, 0.25) is 12.7 Å². The van der Waals surface area contributed by atoms with E-state index in [4.69, 9.17) is 14.2 Å². The monoisotopic (exact) mass is 424 g/mol. The summed E-state index contributed by atoms with van der Waals surface area (Å²) in [6.07, 6.45) is 6.79. The summed E-state index contributed by atoms with van der Waals surface area (Å²) in [5.41, 5.74) is 1.23. The number of nitro groups is 1. The van der Waals surface area contributed by atoms with Gasteiger partial charge in [-0.3, -0.25) is 14.9 Å². The van der Waals surface area contributed by atoms with E-state index >= 15 is 0 Å². The molecule has 8 heteroatoms. The van der Waals surface area contributed by atoms with E-state index < -0.39 is 4.92 Å². The van der Waals surface area contributed by atoms with Crippen LogP contribution in [0.15, 0.2) is 42.5 Å². The molecule has 0 spiro atoms.